The lowest BCUT2D eigenvalue weighted by molar-refractivity contribution is -0.137. The summed E-state index contributed by atoms with van der Waals surface area (Å²) in [6, 6.07) is 5.32. The van der Waals surface area contributed by atoms with E-state index in [1.807, 2.05) is 0 Å². The molecule has 0 spiro atoms. The Morgan fingerprint density at radius 3 is 2.24 bits per heavy atom. The van der Waals surface area contributed by atoms with Crippen molar-refractivity contribution in [3.05, 3.63) is 35.4 Å². The van der Waals surface area contributed by atoms with E-state index in [2.05, 4.69) is 39.3 Å². The van der Waals surface area contributed by atoms with Gasteiger partial charge in [0, 0.05) is 52.9 Å². The summed E-state index contributed by atoms with van der Waals surface area (Å²) in [5, 5.41) is 6.58. The Balaban J connectivity index is 1.66. The van der Waals surface area contributed by atoms with Crippen LogP contribution in [-0.2, 0) is 12.6 Å². The molecule has 2 N–H and O–H groups in total. The molecule has 0 bridgehead atoms. The normalized spacial score (nSPS) is 17.9. The number of aliphatic imine (C=N–C) groups is 1. The van der Waals surface area contributed by atoms with Crippen LogP contribution in [-0.4, -0.2) is 75.2 Å². The molecule has 0 amide bonds. The van der Waals surface area contributed by atoms with Crippen molar-refractivity contribution in [2.45, 2.75) is 26.4 Å². The predicted molar refractivity (Wildman–Crippen MR) is 112 cm³/mol. The van der Waals surface area contributed by atoms with Gasteiger partial charge >= 0.3 is 6.18 Å². The molecular formula is C21H34F3N5. The van der Waals surface area contributed by atoms with Crippen LogP contribution in [0.1, 0.15) is 25.0 Å². The molecular weight excluding hydrogens is 379 g/mol. The molecule has 164 valence electrons. The van der Waals surface area contributed by atoms with Gasteiger partial charge in [0.1, 0.15) is 0 Å². The third-order valence-electron chi connectivity index (χ3n) is 5.31. The molecule has 0 radical (unpaired) electrons. The Bertz CT molecular complexity index is 622. The lowest BCUT2D eigenvalue weighted by Gasteiger charge is -2.35. The van der Waals surface area contributed by atoms with Gasteiger partial charge < -0.3 is 20.4 Å². The third kappa shape index (κ3) is 8.22. The summed E-state index contributed by atoms with van der Waals surface area (Å²) < 4.78 is 37.8. The number of likely N-dealkylation sites (N-methyl/N-ethyl adjacent to an activating group) is 1. The van der Waals surface area contributed by atoms with Crippen molar-refractivity contribution < 1.29 is 13.2 Å². The lowest BCUT2D eigenvalue weighted by Crippen LogP contribution is -2.48. The fraction of sp³-hybridized carbons (Fsp3) is 0.667. The molecule has 1 heterocycles. The fourth-order valence-electron chi connectivity index (χ4n) is 3.47. The number of hydrogen-bond acceptors (Lipinski definition) is 3. The maximum absolute atomic E-state index is 12.6. The molecule has 8 heteroatoms. The highest BCUT2D eigenvalue weighted by Crippen LogP contribution is 2.29. The average Bonchev–Trinajstić information content (AvgIpc) is 2.70. The van der Waals surface area contributed by atoms with Crippen LogP contribution in [0.25, 0.3) is 0 Å². The van der Waals surface area contributed by atoms with Crippen LogP contribution in [0.2, 0.25) is 0 Å². The second kappa shape index (κ2) is 11.4. The van der Waals surface area contributed by atoms with Crippen molar-refractivity contribution in [2.24, 2.45) is 10.9 Å². The van der Waals surface area contributed by atoms with Crippen molar-refractivity contribution in [1.82, 2.24) is 20.4 Å². The summed E-state index contributed by atoms with van der Waals surface area (Å²) in [6.45, 7) is 12.6. The second-order valence-electron chi connectivity index (χ2n) is 7.66. The first-order chi connectivity index (χ1) is 13.8. The minimum Gasteiger partial charge on any atom is -0.356 e. The zero-order chi connectivity index (χ0) is 21.3. The highest BCUT2D eigenvalue weighted by atomic mass is 19.4. The molecule has 1 unspecified atom stereocenters. The lowest BCUT2D eigenvalue weighted by atomic mass is 10.1. The predicted octanol–water partition coefficient (Wildman–Crippen LogP) is 2.69. The number of nitrogens with zero attached hydrogens (tertiary/aromatic N) is 3. The summed E-state index contributed by atoms with van der Waals surface area (Å²) in [6.07, 6.45) is -3.65. The van der Waals surface area contributed by atoms with Crippen LogP contribution in [0.5, 0.6) is 0 Å². The van der Waals surface area contributed by atoms with Crippen LogP contribution >= 0.6 is 0 Å². The minimum atomic E-state index is -4.29. The summed E-state index contributed by atoms with van der Waals surface area (Å²) in [4.78, 5) is 9.22. The SMILES string of the molecule is CCN1CCN(CC(C)CNC(=NC)NCCc2ccc(C(F)(F)F)cc2)CC1. The number of nitrogens with one attached hydrogen (secondary N) is 2. The van der Waals surface area contributed by atoms with E-state index in [1.54, 1.807) is 7.05 Å². The van der Waals surface area contributed by atoms with Crippen LogP contribution in [0.15, 0.2) is 29.3 Å². The second-order valence-corrected chi connectivity index (χ2v) is 7.66. The third-order valence-corrected chi connectivity index (χ3v) is 5.31. The molecule has 0 aliphatic carbocycles. The van der Waals surface area contributed by atoms with Crippen molar-refractivity contribution in [1.29, 1.82) is 0 Å². The Morgan fingerprint density at radius 2 is 1.69 bits per heavy atom. The van der Waals surface area contributed by atoms with Gasteiger partial charge in [-0.15, -0.1) is 0 Å². The largest absolute Gasteiger partial charge is 0.416 e. The van der Waals surface area contributed by atoms with Gasteiger partial charge in [0.25, 0.3) is 0 Å². The van der Waals surface area contributed by atoms with Crippen LogP contribution in [0.3, 0.4) is 0 Å². The quantitative estimate of drug-likeness (QED) is 0.508. The van der Waals surface area contributed by atoms with Crippen molar-refractivity contribution in [3.8, 4) is 0 Å². The van der Waals surface area contributed by atoms with Crippen molar-refractivity contribution >= 4 is 5.96 Å². The van der Waals surface area contributed by atoms with Gasteiger partial charge in [0.05, 0.1) is 5.56 Å². The molecule has 1 aliphatic heterocycles. The topological polar surface area (TPSA) is 42.9 Å². The minimum absolute atomic E-state index is 0.497. The molecule has 5 nitrogen and oxygen atoms in total. The molecule has 1 fully saturated rings. The Hall–Kier alpha value is -1.80. The standard InChI is InChI=1S/C21H34F3N5/c1-4-28-11-13-29(14-12-28)16-17(2)15-27-20(25-3)26-10-9-18-5-7-19(8-6-18)21(22,23)24/h5-8,17H,4,9-16H2,1-3H3,(H2,25,26,27). The zero-order valence-electron chi connectivity index (χ0n) is 17.7. The van der Waals surface area contributed by atoms with E-state index < -0.39 is 11.7 Å². The first-order valence-corrected chi connectivity index (χ1v) is 10.4. The van der Waals surface area contributed by atoms with Gasteiger partial charge in [-0.3, -0.25) is 4.99 Å². The Morgan fingerprint density at radius 1 is 1.07 bits per heavy atom. The van der Waals surface area contributed by atoms with E-state index in [-0.39, 0.29) is 0 Å². The van der Waals surface area contributed by atoms with Crippen LogP contribution < -0.4 is 10.6 Å². The van der Waals surface area contributed by atoms with Gasteiger partial charge in [-0.2, -0.15) is 13.2 Å². The molecule has 29 heavy (non-hydrogen) atoms. The van der Waals surface area contributed by atoms with Gasteiger partial charge in [-0.1, -0.05) is 26.0 Å². The first kappa shape index (κ1) is 23.5. The molecule has 1 atom stereocenters. The summed E-state index contributed by atoms with van der Waals surface area (Å²) in [5.41, 5.74) is 0.248. The number of rotatable bonds is 8. The monoisotopic (exact) mass is 413 g/mol. The van der Waals surface area contributed by atoms with Gasteiger partial charge in [0.15, 0.2) is 5.96 Å². The van der Waals surface area contributed by atoms with Crippen molar-refractivity contribution in [3.63, 3.8) is 0 Å². The molecule has 0 aromatic heterocycles. The number of hydrogen-bond donors (Lipinski definition) is 2. The zero-order valence-corrected chi connectivity index (χ0v) is 17.7. The number of alkyl halides is 3. The number of piperazine rings is 1. The number of halogens is 3. The molecule has 0 saturated carbocycles. The van der Waals surface area contributed by atoms with Crippen molar-refractivity contribution in [2.75, 3.05) is 59.4 Å². The van der Waals surface area contributed by atoms with E-state index in [0.717, 1.165) is 69.5 Å². The van der Waals surface area contributed by atoms with Crippen LogP contribution in [0.4, 0.5) is 13.2 Å². The van der Waals surface area contributed by atoms with Gasteiger partial charge in [-0.05, 0) is 36.6 Å². The summed E-state index contributed by atoms with van der Waals surface area (Å²) >= 11 is 0. The summed E-state index contributed by atoms with van der Waals surface area (Å²) in [7, 11) is 1.72. The maximum Gasteiger partial charge on any atom is 0.416 e. The maximum atomic E-state index is 12.6. The number of guanidine groups is 1. The fourth-order valence-corrected chi connectivity index (χ4v) is 3.47. The highest BCUT2D eigenvalue weighted by molar-refractivity contribution is 5.79. The van der Waals surface area contributed by atoms with E-state index in [9.17, 15) is 13.2 Å². The highest BCUT2D eigenvalue weighted by Gasteiger charge is 2.29. The van der Waals surface area contributed by atoms with E-state index in [1.165, 1.54) is 12.1 Å². The molecule has 1 aromatic rings. The summed E-state index contributed by atoms with van der Waals surface area (Å²) in [5.74, 6) is 1.22. The van der Waals surface area contributed by atoms with Crippen LogP contribution in [0, 0.1) is 5.92 Å². The molecule has 2 rings (SSSR count). The van der Waals surface area contributed by atoms with E-state index >= 15 is 0 Å². The van der Waals surface area contributed by atoms with Gasteiger partial charge in [-0.25, -0.2) is 0 Å². The Kier molecular flexibility index (Phi) is 9.23. The van der Waals surface area contributed by atoms with Gasteiger partial charge in [0.2, 0.25) is 0 Å². The first-order valence-electron chi connectivity index (χ1n) is 10.4. The average molecular weight is 414 g/mol. The molecule has 1 aliphatic rings. The Labute approximate surface area is 172 Å². The number of benzene rings is 1. The van der Waals surface area contributed by atoms with E-state index in [0.29, 0.717) is 18.9 Å². The van der Waals surface area contributed by atoms with E-state index in [4.69, 9.17) is 0 Å². The molecule has 1 saturated heterocycles. The molecule has 1 aromatic carbocycles. The smallest absolute Gasteiger partial charge is 0.356 e.